The molecule has 4 heteroatoms. The first-order chi connectivity index (χ1) is 9.13. The molecule has 2 N–H and O–H groups in total. The number of rotatable bonds is 3. The first-order valence-corrected chi connectivity index (χ1v) is 5.94. The summed E-state index contributed by atoms with van der Waals surface area (Å²) < 4.78 is 4.57. The van der Waals surface area contributed by atoms with E-state index in [2.05, 4.69) is 4.74 Å². The van der Waals surface area contributed by atoms with Gasteiger partial charge in [-0.2, -0.15) is 0 Å². The van der Waals surface area contributed by atoms with E-state index in [0.29, 0.717) is 5.56 Å². The molecule has 98 valence electrons. The molecule has 0 fully saturated rings. The number of aromatic hydroxyl groups is 1. The number of ether oxygens (including phenoxy) is 1. The summed E-state index contributed by atoms with van der Waals surface area (Å²) >= 11 is 0. The fourth-order valence-electron chi connectivity index (χ4n) is 2.01. The molecule has 0 aromatic heterocycles. The molecule has 0 saturated heterocycles. The summed E-state index contributed by atoms with van der Waals surface area (Å²) in [5.41, 5.74) is 2.37. The second kappa shape index (κ2) is 5.44. The molecule has 2 aromatic carbocycles. The number of benzene rings is 2. The molecule has 0 radical (unpaired) electrons. The number of phenols is 1. The highest BCUT2D eigenvalue weighted by molar-refractivity contribution is 5.78. The van der Waals surface area contributed by atoms with Crippen molar-refractivity contribution in [1.29, 1.82) is 0 Å². The van der Waals surface area contributed by atoms with Crippen LogP contribution < -0.4 is 4.74 Å². The zero-order valence-electron chi connectivity index (χ0n) is 10.5. The number of hydrogen-bond donors (Lipinski definition) is 2. The largest absolute Gasteiger partial charge is 0.511 e. The van der Waals surface area contributed by atoms with Crippen molar-refractivity contribution in [3.05, 3.63) is 48.0 Å². The van der Waals surface area contributed by atoms with E-state index in [9.17, 15) is 9.90 Å². The van der Waals surface area contributed by atoms with Crippen LogP contribution in [0.15, 0.2) is 42.5 Å². The maximum atomic E-state index is 10.6. The lowest BCUT2D eigenvalue weighted by Crippen LogP contribution is -2.04. The molecule has 4 nitrogen and oxygen atoms in total. The van der Waals surface area contributed by atoms with Crippen molar-refractivity contribution < 1.29 is 19.7 Å². The minimum atomic E-state index is -1.45. The van der Waals surface area contributed by atoms with Crippen LogP contribution in [-0.4, -0.2) is 16.4 Å². The van der Waals surface area contributed by atoms with Crippen molar-refractivity contribution in [2.75, 3.05) is 0 Å². The van der Waals surface area contributed by atoms with Gasteiger partial charge in [-0.05, 0) is 23.6 Å². The molecule has 0 amide bonds. The van der Waals surface area contributed by atoms with Gasteiger partial charge in [0.15, 0.2) is 11.5 Å². The smallest absolute Gasteiger partial charge is 0.504 e. The van der Waals surface area contributed by atoms with E-state index in [1.807, 2.05) is 37.3 Å². The second-order valence-corrected chi connectivity index (χ2v) is 4.03. The average molecular weight is 258 g/mol. The normalized spacial score (nSPS) is 10.2. The third kappa shape index (κ3) is 2.68. The molecule has 0 bridgehead atoms. The first kappa shape index (κ1) is 13.0. The van der Waals surface area contributed by atoms with Crippen LogP contribution in [0.1, 0.15) is 12.5 Å². The fraction of sp³-hybridized carbons (Fsp3) is 0.133. The van der Waals surface area contributed by atoms with Crippen LogP contribution in [0.25, 0.3) is 11.1 Å². The Labute approximate surface area is 110 Å². The summed E-state index contributed by atoms with van der Waals surface area (Å²) in [4.78, 5) is 10.6. The summed E-state index contributed by atoms with van der Waals surface area (Å²) in [5.74, 6) is -0.198. The lowest BCUT2D eigenvalue weighted by atomic mass is 9.96. The Morgan fingerprint density at radius 1 is 1.16 bits per heavy atom. The highest BCUT2D eigenvalue weighted by atomic mass is 16.7. The highest BCUT2D eigenvalue weighted by Crippen LogP contribution is 2.40. The Morgan fingerprint density at radius 2 is 1.84 bits per heavy atom. The minimum Gasteiger partial charge on any atom is -0.504 e. The van der Waals surface area contributed by atoms with Crippen LogP contribution in [0.3, 0.4) is 0 Å². The lowest BCUT2D eigenvalue weighted by molar-refractivity contribution is 0.143. The van der Waals surface area contributed by atoms with E-state index in [4.69, 9.17) is 5.11 Å². The van der Waals surface area contributed by atoms with Gasteiger partial charge in [0.05, 0.1) is 0 Å². The summed E-state index contributed by atoms with van der Waals surface area (Å²) in [5, 5.41) is 18.9. The Hall–Kier alpha value is -2.49. The molecule has 0 aliphatic rings. The molecule has 2 aromatic rings. The van der Waals surface area contributed by atoms with Crippen LogP contribution in [0.2, 0.25) is 0 Å². The highest BCUT2D eigenvalue weighted by Gasteiger charge is 2.16. The van der Waals surface area contributed by atoms with Crippen molar-refractivity contribution in [3.8, 4) is 22.6 Å². The second-order valence-electron chi connectivity index (χ2n) is 4.03. The van der Waals surface area contributed by atoms with E-state index in [1.165, 1.54) is 6.07 Å². The molecule has 0 aliphatic heterocycles. The zero-order chi connectivity index (χ0) is 13.8. The van der Waals surface area contributed by atoms with Gasteiger partial charge >= 0.3 is 6.16 Å². The van der Waals surface area contributed by atoms with E-state index in [1.54, 1.807) is 6.07 Å². The molecule has 19 heavy (non-hydrogen) atoms. The number of phenolic OH excluding ortho intramolecular Hbond substituents is 1. The molecule has 2 rings (SSSR count). The van der Waals surface area contributed by atoms with Gasteiger partial charge in [-0.1, -0.05) is 43.3 Å². The van der Waals surface area contributed by atoms with Crippen LogP contribution in [0.5, 0.6) is 11.5 Å². The Morgan fingerprint density at radius 3 is 2.42 bits per heavy atom. The minimum absolute atomic E-state index is 0.0523. The standard InChI is InChI=1S/C15H14O4/c1-2-10-8-9-12(19-15(17)18)14(16)13(10)11-6-4-3-5-7-11/h3-9,16H,2H2,1H3,(H,17,18). The summed E-state index contributed by atoms with van der Waals surface area (Å²) in [6.07, 6.45) is -0.718. The topological polar surface area (TPSA) is 66.8 Å². The van der Waals surface area contributed by atoms with Crippen LogP contribution in [-0.2, 0) is 6.42 Å². The summed E-state index contributed by atoms with van der Waals surface area (Å²) in [6, 6.07) is 12.5. The number of aryl methyl sites for hydroxylation is 1. The van der Waals surface area contributed by atoms with Gasteiger partial charge in [-0.3, -0.25) is 0 Å². The Balaban J connectivity index is 2.59. The first-order valence-electron chi connectivity index (χ1n) is 5.94. The van der Waals surface area contributed by atoms with Crippen molar-refractivity contribution in [2.45, 2.75) is 13.3 Å². The molecule has 0 heterocycles. The third-order valence-corrected chi connectivity index (χ3v) is 2.87. The molecular formula is C15H14O4. The van der Waals surface area contributed by atoms with Crippen LogP contribution >= 0.6 is 0 Å². The van der Waals surface area contributed by atoms with E-state index >= 15 is 0 Å². The lowest BCUT2D eigenvalue weighted by Gasteiger charge is -2.13. The van der Waals surface area contributed by atoms with Gasteiger partial charge in [0.1, 0.15) is 0 Å². The van der Waals surface area contributed by atoms with Gasteiger partial charge in [-0.25, -0.2) is 4.79 Å². The molecular weight excluding hydrogens is 244 g/mol. The van der Waals surface area contributed by atoms with Crippen molar-refractivity contribution >= 4 is 6.16 Å². The van der Waals surface area contributed by atoms with Gasteiger partial charge in [0.2, 0.25) is 0 Å². The fourth-order valence-corrected chi connectivity index (χ4v) is 2.01. The van der Waals surface area contributed by atoms with Crippen LogP contribution in [0.4, 0.5) is 4.79 Å². The van der Waals surface area contributed by atoms with E-state index in [-0.39, 0.29) is 11.5 Å². The Bertz CT molecular complexity index is 591. The number of carboxylic acid groups (broad SMARTS) is 1. The Kier molecular flexibility index (Phi) is 3.71. The predicted molar refractivity (Wildman–Crippen MR) is 71.6 cm³/mol. The third-order valence-electron chi connectivity index (χ3n) is 2.87. The molecule has 0 saturated carbocycles. The maximum Gasteiger partial charge on any atom is 0.511 e. The van der Waals surface area contributed by atoms with Gasteiger partial charge in [0.25, 0.3) is 0 Å². The van der Waals surface area contributed by atoms with Gasteiger partial charge < -0.3 is 14.9 Å². The van der Waals surface area contributed by atoms with Crippen molar-refractivity contribution in [1.82, 2.24) is 0 Å². The SMILES string of the molecule is CCc1ccc(OC(=O)O)c(O)c1-c1ccccc1. The van der Waals surface area contributed by atoms with E-state index < -0.39 is 6.16 Å². The van der Waals surface area contributed by atoms with Crippen LogP contribution in [0, 0.1) is 0 Å². The van der Waals surface area contributed by atoms with Crippen molar-refractivity contribution in [3.63, 3.8) is 0 Å². The van der Waals surface area contributed by atoms with Crippen molar-refractivity contribution in [2.24, 2.45) is 0 Å². The molecule has 0 atom stereocenters. The number of hydrogen-bond acceptors (Lipinski definition) is 3. The monoisotopic (exact) mass is 258 g/mol. The number of carbonyl (C=O) groups is 1. The predicted octanol–water partition coefficient (Wildman–Crippen LogP) is 3.68. The average Bonchev–Trinajstić information content (AvgIpc) is 2.41. The maximum absolute atomic E-state index is 10.6. The quantitative estimate of drug-likeness (QED) is 0.651. The summed E-state index contributed by atoms with van der Waals surface area (Å²) in [6.45, 7) is 1.97. The van der Waals surface area contributed by atoms with E-state index in [0.717, 1.165) is 17.5 Å². The zero-order valence-corrected chi connectivity index (χ0v) is 10.5. The molecule has 0 aliphatic carbocycles. The molecule has 0 spiro atoms. The van der Waals surface area contributed by atoms with Gasteiger partial charge in [0, 0.05) is 5.56 Å². The van der Waals surface area contributed by atoms with Gasteiger partial charge in [-0.15, -0.1) is 0 Å². The summed E-state index contributed by atoms with van der Waals surface area (Å²) in [7, 11) is 0. The molecule has 0 unspecified atom stereocenters.